The molecule has 15 heavy (non-hydrogen) atoms. The minimum Gasteiger partial charge on any atom is -0.392 e. The van der Waals surface area contributed by atoms with Crippen LogP contribution in [0.2, 0.25) is 0 Å². The molecule has 0 heterocycles. The Morgan fingerprint density at radius 3 is 2.67 bits per heavy atom. The van der Waals surface area contributed by atoms with Crippen molar-refractivity contribution >= 4 is 0 Å². The quantitative estimate of drug-likeness (QED) is 0.791. The van der Waals surface area contributed by atoms with Crippen molar-refractivity contribution in [1.82, 2.24) is 0 Å². The van der Waals surface area contributed by atoms with Gasteiger partial charge in [-0.2, -0.15) is 0 Å². The molecule has 1 aromatic rings. The molecule has 1 fully saturated rings. The van der Waals surface area contributed by atoms with Crippen molar-refractivity contribution in [2.75, 3.05) is 0 Å². The number of aliphatic hydroxyl groups is 1. The minimum absolute atomic E-state index is 0.00194. The highest BCUT2D eigenvalue weighted by atomic mass is 19.1. The maximum atomic E-state index is 13.8. The normalized spacial score (nSPS) is 26.5. The molecule has 2 unspecified atom stereocenters. The van der Waals surface area contributed by atoms with Crippen LogP contribution in [-0.2, 0) is 6.61 Å². The van der Waals surface area contributed by atoms with E-state index in [1.165, 1.54) is 0 Å². The average molecular weight is 208 g/mol. The minimum atomic E-state index is -0.730. The van der Waals surface area contributed by atoms with Crippen LogP contribution in [-0.4, -0.2) is 11.3 Å². The lowest BCUT2D eigenvalue weighted by Crippen LogP contribution is -2.19. The zero-order valence-corrected chi connectivity index (χ0v) is 8.82. The van der Waals surface area contributed by atoms with E-state index in [0.29, 0.717) is 6.42 Å². The monoisotopic (exact) mass is 208 g/mol. The van der Waals surface area contributed by atoms with Gasteiger partial charge < -0.3 is 5.11 Å². The Labute approximate surface area is 89.9 Å². The molecule has 0 spiro atoms. The van der Waals surface area contributed by atoms with Gasteiger partial charge in [-0.25, -0.2) is 4.39 Å². The van der Waals surface area contributed by atoms with Crippen LogP contribution in [0, 0.1) is 0 Å². The van der Waals surface area contributed by atoms with E-state index >= 15 is 0 Å². The van der Waals surface area contributed by atoms with Crippen LogP contribution in [0.15, 0.2) is 24.3 Å². The molecule has 1 aliphatic carbocycles. The SMILES string of the molecule is OCc1ccccc1C1CCCCC1F. The summed E-state index contributed by atoms with van der Waals surface area (Å²) in [6.45, 7) is 0.0133. The molecule has 0 amide bonds. The van der Waals surface area contributed by atoms with E-state index in [9.17, 15) is 9.50 Å². The van der Waals surface area contributed by atoms with Gasteiger partial charge in [-0.05, 0) is 24.0 Å². The molecule has 1 saturated carbocycles. The van der Waals surface area contributed by atoms with Crippen molar-refractivity contribution in [3.63, 3.8) is 0 Å². The summed E-state index contributed by atoms with van der Waals surface area (Å²) in [5.74, 6) is 0.00194. The highest BCUT2D eigenvalue weighted by Gasteiger charge is 2.27. The fraction of sp³-hybridized carbons (Fsp3) is 0.538. The Bertz CT molecular complexity index is 324. The molecule has 82 valence electrons. The zero-order valence-electron chi connectivity index (χ0n) is 8.82. The predicted octanol–water partition coefficient (Wildman–Crippen LogP) is 3.17. The smallest absolute Gasteiger partial charge is 0.107 e. The predicted molar refractivity (Wildman–Crippen MR) is 58.5 cm³/mol. The Balaban J connectivity index is 2.26. The summed E-state index contributed by atoms with van der Waals surface area (Å²) < 4.78 is 13.8. The molecule has 1 aromatic carbocycles. The van der Waals surface area contributed by atoms with Gasteiger partial charge in [0.15, 0.2) is 0 Å². The largest absolute Gasteiger partial charge is 0.392 e. The maximum absolute atomic E-state index is 13.8. The summed E-state index contributed by atoms with van der Waals surface area (Å²) >= 11 is 0. The van der Waals surface area contributed by atoms with E-state index in [0.717, 1.165) is 30.4 Å². The summed E-state index contributed by atoms with van der Waals surface area (Å²) in [5, 5.41) is 9.21. The number of halogens is 1. The molecule has 0 radical (unpaired) electrons. The van der Waals surface area contributed by atoms with E-state index in [1.54, 1.807) is 0 Å². The Hall–Kier alpha value is -0.890. The fourth-order valence-corrected chi connectivity index (χ4v) is 2.48. The molecule has 0 bridgehead atoms. The van der Waals surface area contributed by atoms with Gasteiger partial charge in [0, 0.05) is 5.92 Å². The fourth-order valence-electron chi connectivity index (χ4n) is 2.48. The number of aliphatic hydroxyl groups excluding tert-OH is 1. The van der Waals surface area contributed by atoms with Gasteiger partial charge in [0.05, 0.1) is 6.61 Å². The molecule has 1 N–H and O–H groups in total. The lowest BCUT2D eigenvalue weighted by molar-refractivity contribution is 0.212. The van der Waals surface area contributed by atoms with Crippen molar-refractivity contribution < 1.29 is 9.50 Å². The number of benzene rings is 1. The first-order chi connectivity index (χ1) is 7.33. The first-order valence-electron chi connectivity index (χ1n) is 5.65. The standard InChI is InChI=1S/C13H17FO/c14-13-8-4-3-7-12(13)11-6-2-1-5-10(11)9-15/h1-2,5-6,12-13,15H,3-4,7-9H2. The van der Waals surface area contributed by atoms with Gasteiger partial charge in [0.1, 0.15) is 6.17 Å². The lowest BCUT2D eigenvalue weighted by atomic mass is 9.81. The second-order valence-electron chi connectivity index (χ2n) is 4.26. The van der Waals surface area contributed by atoms with Gasteiger partial charge in [0.2, 0.25) is 0 Å². The van der Waals surface area contributed by atoms with E-state index in [2.05, 4.69) is 0 Å². The van der Waals surface area contributed by atoms with Crippen LogP contribution < -0.4 is 0 Å². The summed E-state index contributed by atoms with van der Waals surface area (Å²) in [6.07, 6.45) is 2.96. The van der Waals surface area contributed by atoms with Crippen LogP contribution in [0.1, 0.15) is 42.7 Å². The molecule has 0 aromatic heterocycles. The third-order valence-corrected chi connectivity index (χ3v) is 3.31. The molecule has 0 saturated heterocycles. The number of rotatable bonds is 2. The van der Waals surface area contributed by atoms with Gasteiger partial charge >= 0.3 is 0 Å². The first-order valence-corrected chi connectivity index (χ1v) is 5.65. The van der Waals surface area contributed by atoms with Crippen LogP contribution >= 0.6 is 0 Å². The van der Waals surface area contributed by atoms with Crippen LogP contribution in [0.25, 0.3) is 0 Å². The van der Waals surface area contributed by atoms with Crippen LogP contribution in [0.4, 0.5) is 4.39 Å². The molecular formula is C13H17FO. The average Bonchev–Trinajstić information content (AvgIpc) is 2.30. The van der Waals surface area contributed by atoms with E-state index < -0.39 is 6.17 Å². The summed E-state index contributed by atoms with van der Waals surface area (Å²) in [5.41, 5.74) is 1.89. The summed E-state index contributed by atoms with van der Waals surface area (Å²) in [6, 6.07) is 7.66. The second-order valence-corrected chi connectivity index (χ2v) is 4.26. The molecule has 2 heteroatoms. The molecule has 1 aliphatic rings. The van der Waals surface area contributed by atoms with Crippen LogP contribution in [0.5, 0.6) is 0 Å². The topological polar surface area (TPSA) is 20.2 Å². The highest BCUT2D eigenvalue weighted by molar-refractivity contribution is 5.31. The van der Waals surface area contributed by atoms with Crippen LogP contribution in [0.3, 0.4) is 0 Å². The lowest BCUT2D eigenvalue weighted by Gasteiger charge is -2.27. The van der Waals surface area contributed by atoms with E-state index in [4.69, 9.17) is 0 Å². The van der Waals surface area contributed by atoms with Gasteiger partial charge in [-0.15, -0.1) is 0 Å². The molecular weight excluding hydrogens is 191 g/mol. The van der Waals surface area contributed by atoms with Crippen molar-refractivity contribution in [2.45, 2.75) is 44.4 Å². The highest BCUT2D eigenvalue weighted by Crippen LogP contribution is 2.36. The van der Waals surface area contributed by atoms with Gasteiger partial charge in [0.25, 0.3) is 0 Å². The van der Waals surface area contributed by atoms with Crippen molar-refractivity contribution in [3.05, 3.63) is 35.4 Å². The van der Waals surface area contributed by atoms with E-state index in [-0.39, 0.29) is 12.5 Å². The summed E-state index contributed by atoms with van der Waals surface area (Å²) in [4.78, 5) is 0. The Kier molecular flexibility index (Phi) is 3.37. The van der Waals surface area contributed by atoms with Crippen molar-refractivity contribution in [2.24, 2.45) is 0 Å². The number of alkyl halides is 1. The van der Waals surface area contributed by atoms with Crippen molar-refractivity contribution in [3.8, 4) is 0 Å². The maximum Gasteiger partial charge on any atom is 0.107 e. The molecule has 2 rings (SSSR count). The number of hydrogen-bond donors (Lipinski definition) is 1. The third-order valence-electron chi connectivity index (χ3n) is 3.31. The molecule has 1 nitrogen and oxygen atoms in total. The first kappa shape index (κ1) is 10.6. The van der Waals surface area contributed by atoms with Gasteiger partial charge in [-0.1, -0.05) is 37.1 Å². The third kappa shape index (κ3) is 2.20. The van der Waals surface area contributed by atoms with E-state index in [1.807, 2.05) is 24.3 Å². The van der Waals surface area contributed by atoms with Crippen molar-refractivity contribution in [1.29, 1.82) is 0 Å². The van der Waals surface area contributed by atoms with Gasteiger partial charge in [-0.3, -0.25) is 0 Å². The Morgan fingerprint density at radius 1 is 1.20 bits per heavy atom. The summed E-state index contributed by atoms with van der Waals surface area (Å²) in [7, 11) is 0. The zero-order chi connectivity index (χ0) is 10.7. The number of hydrogen-bond acceptors (Lipinski definition) is 1. The molecule has 0 aliphatic heterocycles. The second kappa shape index (κ2) is 4.75. The molecule has 2 atom stereocenters. The Morgan fingerprint density at radius 2 is 1.93 bits per heavy atom.